The van der Waals surface area contributed by atoms with Crippen LogP contribution in [-0.2, 0) is 9.59 Å². The topological polar surface area (TPSA) is 75.4 Å². The van der Waals surface area contributed by atoms with Crippen molar-refractivity contribution in [2.45, 2.75) is 32.2 Å². The molecule has 0 bridgehead atoms. The van der Waals surface area contributed by atoms with Crippen LogP contribution in [0.25, 0.3) is 0 Å². The maximum absolute atomic E-state index is 11.7. The van der Waals surface area contributed by atoms with Gasteiger partial charge in [0.15, 0.2) is 0 Å². The molecule has 0 saturated heterocycles. The van der Waals surface area contributed by atoms with Crippen molar-refractivity contribution in [3.8, 4) is 0 Å². The van der Waals surface area contributed by atoms with Gasteiger partial charge in [-0.2, -0.15) is 0 Å². The minimum absolute atomic E-state index is 0.0102. The molecule has 0 atom stereocenters. The molecule has 0 aromatic rings. The number of nitrogens with two attached hydrogens (primary N) is 1. The van der Waals surface area contributed by atoms with Crippen molar-refractivity contribution in [1.82, 2.24) is 10.2 Å². The van der Waals surface area contributed by atoms with E-state index in [9.17, 15) is 9.59 Å². The van der Waals surface area contributed by atoms with Crippen molar-refractivity contribution in [3.05, 3.63) is 0 Å². The maximum atomic E-state index is 11.7. The van der Waals surface area contributed by atoms with Crippen LogP contribution in [0.5, 0.6) is 0 Å². The van der Waals surface area contributed by atoms with Gasteiger partial charge in [0.25, 0.3) is 0 Å². The second-order valence-corrected chi connectivity index (χ2v) is 3.75. The Morgan fingerprint density at radius 2 is 2.13 bits per heavy atom. The van der Waals surface area contributed by atoms with Gasteiger partial charge in [0.1, 0.15) is 0 Å². The number of carbonyl (C=O) groups is 2. The molecule has 86 valence electrons. The smallest absolute Gasteiger partial charge is 0.242 e. The average Bonchev–Trinajstić information content (AvgIpc) is 2.18. The minimum Gasteiger partial charge on any atom is -0.346 e. The summed E-state index contributed by atoms with van der Waals surface area (Å²) in [5, 5.41) is 2.49. The van der Waals surface area contributed by atoms with Crippen molar-refractivity contribution in [2.75, 3.05) is 19.6 Å². The normalized spacial score (nSPS) is 15.6. The molecule has 0 aromatic carbocycles. The van der Waals surface area contributed by atoms with E-state index in [0.29, 0.717) is 12.6 Å². The second-order valence-electron chi connectivity index (χ2n) is 3.75. The second kappa shape index (κ2) is 5.70. The van der Waals surface area contributed by atoms with Crippen LogP contribution in [0, 0.1) is 0 Å². The minimum atomic E-state index is -0.284. The zero-order valence-electron chi connectivity index (χ0n) is 9.16. The lowest BCUT2D eigenvalue weighted by Crippen LogP contribution is -2.48. The standard InChI is InChI=1S/C10H19N3O2/c1-2-13(8-4-3-5-8)10(15)7-12-9(14)6-11/h8H,2-7,11H2,1H3,(H,12,14). The van der Waals surface area contributed by atoms with E-state index in [-0.39, 0.29) is 24.9 Å². The third kappa shape index (κ3) is 3.20. The first kappa shape index (κ1) is 12.0. The summed E-state index contributed by atoms with van der Waals surface area (Å²) in [6, 6.07) is 0.386. The Morgan fingerprint density at radius 3 is 2.53 bits per heavy atom. The highest BCUT2D eigenvalue weighted by atomic mass is 16.2. The summed E-state index contributed by atoms with van der Waals surface area (Å²) < 4.78 is 0. The molecule has 0 radical (unpaired) electrons. The number of hydrogen-bond donors (Lipinski definition) is 2. The van der Waals surface area contributed by atoms with E-state index < -0.39 is 0 Å². The molecule has 0 aromatic heterocycles. The molecule has 5 nitrogen and oxygen atoms in total. The molecular weight excluding hydrogens is 194 g/mol. The molecule has 0 heterocycles. The van der Waals surface area contributed by atoms with E-state index in [2.05, 4.69) is 5.32 Å². The van der Waals surface area contributed by atoms with Crippen molar-refractivity contribution >= 4 is 11.8 Å². The fraction of sp³-hybridized carbons (Fsp3) is 0.800. The summed E-state index contributed by atoms with van der Waals surface area (Å²) in [5.41, 5.74) is 5.13. The molecule has 5 heteroatoms. The van der Waals surface area contributed by atoms with Gasteiger partial charge in [0.05, 0.1) is 13.1 Å². The third-order valence-electron chi connectivity index (χ3n) is 2.80. The number of hydrogen-bond acceptors (Lipinski definition) is 3. The van der Waals surface area contributed by atoms with Gasteiger partial charge in [-0.05, 0) is 26.2 Å². The lowest BCUT2D eigenvalue weighted by atomic mass is 9.91. The van der Waals surface area contributed by atoms with Gasteiger partial charge in [-0.15, -0.1) is 0 Å². The van der Waals surface area contributed by atoms with Crippen LogP contribution in [0.1, 0.15) is 26.2 Å². The highest BCUT2D eigenvalue weighted by molar-refractivity contribution is 5.85. The van der Waals surface area contributed by atoms with Crippen LogP contribution in [0.3, 0.4) is 0 Å². The summed E-state index contributed by atoms with van der Waals surface area (Å²) in [6.45, 7) is 2.67. The van der Waals surface area contributed by atoms with Crippen LogP contribution in [0.15, 0.2) is 0 Å². The Hall–Kier alpha value is -1.10. The van der Waals surface area contributed by atoms with Crippen molar-refractivity contribution in [3.63, 3.8) is 0 Å². The monoisotopic (exact) mass is 213 g/mol. The SMILES string of the molecule is CCN(C(=O)CNC(=O)CN)C1CCC1. The molecule has 2 amide bonds. The highest BCUT2D eigenvalue weighted by Gasteiger charge is 2.27. The van der Waals surface area contributed by atoms with Crippen LogP contribution in [0.2, 0.25) is 0 Å². The van der Waals surface area contributed by atoms with Crippen LogP contribution in [-0.4, -0.2) is 42.4 Å². The largest absolute Gasteiger partial charge is 0.346 e. The maximum Gasteiger partial charge on any atom is 0.242 e. The van der Waals surface area contributed by atoms with Gasteiger partial charge in [0, 0.05) is 12.6 Å². The predicted octanol–water partition coefficient (Wildman–Crippen LogP) is -0.538. The van der Waals surface area contributed by atoms with Gasteiger partial charge < -0.3 is 16.0 Å². The number of amides is 2. The Balaban J connectivity index is 2.32. The van der Waals surface area contributed by atoms with Gasteiger partial charge in [-0.1, -0.05) is 0 Å². The van der Waals surface area contributed by atoms with E-state index in [1.807, 2.05) is 11.8 Å². The molecule has 0 unspecified atom stereocenters. The molecule has 1 aliphatic carbocycles. The molecule has 0 spiro atoms. The zero-order valence-corrected chi connectivity index (χ0v) is 9.16. The summed E-state index contributed by atoms with van der Waals surface area (Å²) >= 11 is 0. The Labute approximate surface area is 90.0 Å². The summed E-state index contributed by atoms with van der Waals surface area (Å²) in [4.78, 5) is 24.4. The fourth-order valence-corrected chi connectivity index (χ4v) is 1.68. The van der Waals surface area contributed by atoms with Crippen molar-refractivity contribution < 1.29 is 9.59 Å². The number of nitrogens with zero attached hydrogens (tertiary/aromatic N) is 1. The molecule has 1 fully saturated rings. The lowest BCUT2D eigenvalue weighted by Gasteiger charge is -2.37. The first-order chi connectivity index (χ1) is 7.19. The fourth-order valence-electron chi connectivity index (χ4n) is 1.68. The van der Waals surface area contributed by atoms with E-state index in [0.717, 1.165) is 12.8 Å². The molecule has 0 aliphatic heterocycles. The van der Waals surface area contributed by atoms with Gasteiger partial charge in [-0.3, -0.25) is 9.59 Å². The lowest BCUT2D eigenvalue weighted by molar-refractivity contribution is -0.135. The van der Waals surface area contributed by atoms with E-state index >= 15 is 0 Å². The quantitative estimate of drug-likeness (QED) is 0.644. The summed E-state index contributed by atoms with van der Waals surface area (Å²) in [6.07, 6.45) is 3.37. The first-order valence-corrected chi connectivity index (χ1v) is 5.45. The van der Waals surface area contributed by atoms with E-state index in [1.165, 1.54) is 6.42 Å². The number of likely N-dealkylation sites (N-methyl/N-ethyl adjacent to an activating group) is 1. The van der Waals surface area contributed by atoms with Crippen LogP contribution in [0.4, 0.5) is 0 Å². The first-order valence-electron chi connectivity index (χ1n) is 5.45. The van der Waals surface area contributed by atoms with Gasteiger partial charge >= 0.3 is 0 Å². The zero-order chi connectivity index (χ0) is 11.3. The van der Waals surface area contributed by atoms with Crippen molar-refractivity contribution in [2.24, 2.45) is 5.73 Å². The number of nitrogens with one attached hydrogen (secondary N) is 1. The molecular formula is C10H19N3O2. The summed E-state index contributed by atoms with van der Waals surface area (Å²) in [7, 11) is 0. The van der Waals surface area contributed by atoms with Crippen LogP contribution >= 0.6 is 0 Å². The number of rotatable bonds is 5. The van der Waals surface area contributed by atoms with E-state index in [1.54, 1.807) is 0 Å². The Kier molecular flexibility index (Phi) is 4.55. The Morgan fingerprint density at radius 1 is 1.47 bits per heavy atom. The third-order valence-corrected chi connectivity index (χ3v) is 2.80. The Bertz CT molecular complexity index is 239. The van der Waals surface area contributed by atoms with E-state index in [4.69, 9.17) is 5.73 Å². The average molecular weight is 213 g/mol. The number of carbonyl (C=O) groups excluding carboxylic acids is 2. The van der Waals surface area contributed by atoms with Gasteiger partial charge in [-0.25, -0.2) is 0 Å². The molecule has 1 rings (SSSR count). The summed E-state index contributed by atoms with van der Waals surface area (Å²) in [5.74, 6) is -0.294. The van der Waals surface area contributed by atoms with Crippen LogP contribution < -0.4 is 11.1 Å². The highest BCUT2D eigenvalue weighted by Crippen LogP contribution is 2.24. The predicted molar refractivity (Wildman–Crippen MR) is 57.1 cm³/mol. The van der Waals surface area contributed by atoms with Gasteiger partial charge in [0.2, 0.25) is 11.8 Å². The van der Waals surface area contributed by atoms with Crippen molar-refractivity contribution in [1.29, 1.82) is 0 Å². The molecule has 1 aliphatic rings. The molecule has 3 N–H and O–H groups in total. The molecule has 15 heavy (non-hydrogen) atoms. The molecule has 1 saturated carbocycles.